The lowest BCUT2D eigenvalue weighted by atomic mass is 10.0. The Hall–Kier alpha value is -1.72. The van der Waals surface area contributed by atoms with Gasteiger partial charge in [-0.05, 0) is 18.9 Å². The summed E-state index contributed by atoms with van der Waals surface area (Å²) in [6.45, 7) is 4.02. The molecule has 2 aromatic rings. The number of nitrogens with two attached hydrogens (primary N) is 1. The zero-order valence-electron chi connectivity index (χ0n) is 12.4. The minimum absolute atomic E-state index is 0.0510. The van der Waals surface area contributed by atoms with Gasteiger partial charge < -0.3 is 11.1 Å². The summed E-state index contributed by atoms with van der Waals surface area (Å²) >= 11 is 1.63. The molecular formula is C16H21N3OS. The molecule has 1 aromatic carbocycles. The maximum absolute atomic E-state index is 12.1. The third kappa shape index (κ3) is 4.37. The lowest BCUT2D eigenvalue weighted by Crippen LogP contribution is -2.30. The van der Waals surface area contributed by atoms with Gasteiger partial charge in [-0.15, -0.1) is 11.3 Å². The first-order valence-electron chi connectivity index (χ1n) is 7.14. The Morgan fingerprint density at radius 2 is 2.10 bits per heavy atom. The first kappa shape index (κ1) is 15.7. The molecule has 2 unspecified atom stereocenters. The highest BCUT2D eigenvalue weighted by molar-refractivity contribution is 7.09. The van der Waals surface area contributed by atoms with E-state index in [4.69, 9.17) is 5.73 Å². The van der Waals surface area contributed by atoms with Crippen molar-refractivity contribution in [2.45, 2.75) is 38.8 Å². The summed E-state index contributed by atoms with van der Waals surface area (Å²) in [6.07, 6.45) is 1.20. The van der Waals surface area contributed by atoms with Crippen molar-refractivity contribution in [2.24, 2.45) is 5.73 Å². The van der Waals surface area contributed by atoms with E-state index in [1.807, 2.05) is 42.6 Å². The van der Waals surface area contributed by atoms with E-state index in [1.165, 1.54) is 0 Å². The molecule has 1 amide bonds. The zero-order chi connectivity index (χ0) is 15.2. The molecule has 1 aromatic heterocycles. The molecule has 0 fully saturated rings. The van der Waals surface area contributed by atoms with E-state index in [9.17, 15) is 4.79 Å². The predicted octanol–water partition coefficient (Wildman–Crippen LogP) is 2.97. The van der Waals surface area contributed by atoms with Crippen LogP contribution >= 0.6 is 11.3 Å². The highest BCUT2D eigenvalue weighted by Gasteiger charge is 2.16. The van der Waals surface area contributed by atoms with E-state index in [-0.39, 0.29) is 24.4 Å². The normalized spacial score (nSPS) is 13.7. The maximum Gasteiger partial charge on any atom is 0.222 e. The summed E-state index contributed by atoms with van der Waals surface area (Å²) in [5.41, 5.74) is 7.95. The zero-order valence-corrected chi connectivity index (χ0v) is 13.2. The van der Waals surface area contributed by atoms with Gasteiger partial charge in [-0.25, -0.2) is 4.98 Å². The van der Waals surface area contributed by atoms with Gasteiger partial charge in [0.05, 0.1) is 16.7 Å². The van der Waals surface area contributed by atoms with Crippen molar-refractivity contribution in [2.75, 3.05) is 0 Å². The molecule has 0 aliphatic carbocycles. The summed E-state index contributed by atoms with van der Waals surface area (Å²) in [5, 5.41) is 6.05. The Morgan fingerprint density at radius 1 is 1.38 bits per heavy atom. The fourth-order valence-corrected chi connectivity index (χ4v) is 2.92. The Labute approximate surface area is 129 Å². The molecule has 1 heterocycles. The number of nitrogens with one attached hydrogen (secondary N) is 1. The van der Waals surface area contributed by atoms with Crippen LogP contribution in [0, 0.1) is 0 Å². The number of aromatic nitrogens is 1. The van der Waals surface area contributed by atoms with Crippen LogP contribution < -0.4 is 11.1 Å². The summed E-state index contributed by atoms with van der Waals surface area (Å²) in [7, 11) is 0. The lowest BCUT2D eigenvalue weighted by molar-refractivity contribution is -0.122. The Bertz CT molecular complexity index is 582. The van der Waals surface area contributed by atoms with Crippen LogP contribution in [0.5, 0.6) is 0 Å². The molecular weight excluding hydrogens is 282 g/mol. The van der Waals surface area contributed by atoms with Gasteiger partial charge in [0.15, 0.2) is 0 Å². The third-order valence-electron chi connectivity index (χ3n) is 3.33. The number of benzene rings is 1. The maximum atomic E-state index is 12.1. The molecule has 0 saturated heterocycles. The van der Waals surface area contributed by atoms with Crippen LogP contribution in [0.2, 0.25) is 0 Å². The van der Waals surface area contributed by atoms with Gasteiger partial charge in [0.2, 0.25) is 5.91 Å². The van der Waals surface area contributed by atoms with E-state index >= 15 is 0 Å². The minimum atomic E-state index is -0.278. The van der Waals surface area contributed by atoms with Gasteiger partial charge in [-0.2, -0.15) is 0 Å². The Kier molecular flexibility index (Phi) is 5.47. The molecule has 2 rings (SSSR count). The molecule has 3 N–H and O–H groups in total. The number of aryl methyl sites for hydroxylation is 1. The van der Waals surface area contributed by atoms with Crippen molar-refractivity contribution in [1.82, 2.24) is 10.3 Å². The Balaban J connectivity index is 1.89. The number of thiazole rings is 1. The second-order valence-electron chi connectivity index (χ2n) is 5.03. The third-order valence-corrected chi connectivity index (χ3v) is 4.34. The van der Waals surface area contributed by atoms with E-state index in [1.54, 1.807) is 11.3 Å². The molecule has 0 aliphatic heterocycles. The number of hydrogen-bond acceptors (Lipinski definition) is 4. The molecule has 21 heavy (non-hydrogen) atoms. The van der Waals surface area contributed by atoms with Gasteiger partial charge in [0.25, 0.3) is 0 Å². The topological polar surface area (TPSA) is 68.0 Å². The largest absolute Gasteiger partial charge is 0.348 e. The summed E-state index contributed by atoms with van der Waals surface area (Å²) in [5.74, 6) is -0.0510. The smallest absolute Gasteiger partial charge is 0.222 e. The van der Waals surface area contributed by atoms with Crippen molar-refractivity contribution in [3.05, 3.63) is 52.0 Å². The molecule has 112 valence electrons. The quantitative estimate of drug-likeness (QED) is 0.862. The number of rotatable bonds is 6. The van der Waals surface area contributed by atoms with Crippen LogP contribution in [0.1, 0.15) is 48.6 Å². The van der Waals surface area contributed by atoms with Crippen LogP contribution in [0.4, 0.5) is 0 Å². The molecule has 0 radical (unpaired) electrons. The van der Waals surface area contributed by atoms with Crippen molar-refractivity contribution >= 4 is 17.2 Å². The molecule has 0 bridgehead atoms. The van der Waals surface area contributed by atoms with Crippen LogP contribution in [0.3, 0.4) is 0 Å². The number of carbonyl (C=O) groups is 1. The highest BCUT2D eigenvalue weighted by atomic mass is 32.1. The average molecular weight is 303 g/mol. The minimum Gasteiger partial charge on any atom is -0.348 e. The van der Waals surface area contributed by atoms with Gasteiger partial charge in [-0.3, -0.25) is 4.79 Å². The van der Waals surface area contributed by atoms with E-state index in [0.717, 1.165) is 22.7 Å². The molecule has 0 saturated carbocycles. The van der Waals surface area contributed by atoms with E-state index < -0.39 is 0 Å². The Morgan fingerprint density at radius 3 is 2.71 bits per heavy atom. The standard InChI is InChI=1S/C16H21N3OS/c1-3-16-19-14(10-21-16)11(2)18-15(20)9-13(17)12-7-5-4-6-8-12/h4-8,10-11,13H,3,9,17H2,1-2H3,(H,18,20). The first-order valence-corrected chi connectivity index (χ1v) is 8.02. The van der Waals surface area contributed by atoms with Crippen molar-refractivity contribution in [3.63, 3.8) is 0 Å². The number of nitrogens with zero attached hydrogens (tertiary/aromatic N) is 1. The van der Waals surface area contributed by atoms with Gasteiger partial charge >= 0.3 is 0 Å². The predicted molar refractivity (Wildman–Crippen MR) is 86.0 cm³/mol. The SMILES string of the molecule is CCc1nc(C(C)NC(=O)CC(N)c2ccccc2)cs1. The fourth-order valence-electron chi connectivity index (χ4n) is 2.08. The van der Waals surface area contributed by atoms with Crippen molar-refractivity contribution < 1.29 is 4.79 Å². The second kappa shape index (κ2) is 7.33. The van der Waals surface area contributed by atoms with Crippen LogP contribution in [-0.4, -0.2) is 10.9 Å². The average Bonchev–Trinajstić information content (AvgIpc) is 2.97. The summed E-state index contributed by atoms with van der Waals surface area (Å²) in [6, 6.07) is 9.31. The molecule has 0 aliphatic rings. The lowest BCUT2D eigenvalue weighted by Gasteiger charge is -2.15. The number of hydrogen-bond donors (Lipinski definition) is 2. The van der Waals surface area contributed by atoms with E-state index in [2.05, 4.69) is 17.2 Å². The number of carbonyl (C=O) groups excluding carboxylic acids is 1. The van der Waals surface area contributed by atoms with Gasteiger partial charge in [-0.1, -0.05) is 37.3 Å². The van der Waals surface area contributed by atoms with Gasteiger partial charge in [0.1, 0.15) is 0 Å². The monoisotopic (exact) mass is 303 g/mol. The highest BCUT2D eigenvalue weighted by Crippen LogP contribution is 2.18. The van der Waals surface area contributed by atoms with Gasteiger partial charge in [0, 0.05) is 17.8 Å². The van der Waals surface area contributed by atoms with Crippen LogP contribution in [0.25, 0.3) is 0 Å². The molecule has 5 heteroatoms. The summed E-state index contributed by atoms with van der Waals surface area (Å²) in [4.78, 5) is 16.6. The van der Waals surface area contributed by atoms with Crippen LogP contribution in [-0.2, 0) is 11.2 Å². The van der Waals surface area contributed by atoms with Crippen LogP contribution in [0.15, 0.2) is 35.7 Å². The molecule has 0 spiro atoms. The first-order chi connectivity index (χ1) is 10.1. The number of amides is 1. The summed E-state index contributed by atoms with van der Waals surface area (Å²) < 4.78 is 0. The van der Waals surface area contributed by atoms with E-state index in [0.29, 0.717) is 0 Å². The fraction of sp³-hybridized carbons (Fsp3) is 0.375. The molecule has 2 atom stereocenters. The molecule has 4 nitrogen and oxygen atoms in total. The van der Waals surface area contributed by atoms with Crippen molar-refractivity contribution in [3.8, 4) is 0 Å². The second-order valence-corrected chi connectivity index (χ2v) is 5.97. The van der Waals surface area contributed by atoms with Crippen molar-refractivity contribution in [1.29, 1.82) is 0 Å².